The maximum atomic E-state index is 12.8. The molecule has 0 spiro atoms. The molecule has 0 aliphatic rings. The number of Topliss-reactive ketones (excluding diaryl/α,β-unsaturated/α-hetero) is 1. The first kappa shape index (κ1) is 18.5. The molecule has 0 saturated carbocycles. The molecule has 146 valence electrons. The average Bonchev–Trinajstić information content (AvgIpc) is 2.71. The first-order valence-corrected chi connectivity index (χ1v) is 10.2. The number of rotatable bonds is 2. The Kier molecular flexibility index (Phi) is 4.01. The van der Waals surface area contributed by atoms with Crippen LogP contribution in [0.25, 0.3) is 43.1 Å². The number of carbonyl (C=O) groups excluding carboxylic acids is 2. The molecule has 0 amide bonds. The van der Waals surface area contributed by atoms with Gasteiger partial charge >= 0.3 is 0 Å². The van der Waals surface area contributed by atoms with Crippen molar-refractivity contribution < 1.29 is 9.59 Å². The Balaban J connectivity index is 1.99. The number of benzene rings is 5. The van der Waals surface area contributed by atoms with E-state index in [9.17, 15) is 9.59 Å². The summed E-state index contributed by atoms with van der Waals surface area (Å²) in [6.07, 6.45) is 0.434. The molecule has 0 fully saturated rings. The highest BCUT2D eigenvalue weighted by atomic mass is 16.2. The number of carbonyl (C=O) groups is 2. The Hall–Kier alpha value is -3.52. The normalized spacial score (nSPS) is 11.6. The fourth-order valence-electron chi connectivity index (χ4n) is 4.50. The summed E-state index contributed by atoms with van der Waals surface area (Å²) in [4.78, 5) is 24.4. The molecule has 0 N–H and O–H groups in total. The standard InChI is InChI=1S/C28H22O2/c1-15-5-19-9-23-11-24-10-20-6-16(2)18(4)8-22(20)13-26(24)28(27(30)14-29)25(23)12-21(19)7-17(15)3/h5-14H,1-4H3. The van der Waals surface area contributed by atoms with Crippen molar-refractivity contribution in [2.45, 2.75) is 27.7 Å². The Morgan fingerprint density at radius 2 is 0.867 bits per heavy atom. The maximum absolute atomic E-state index is 12.8. The van der Waals surface area contributed by atoms with Crippen molar-refractivity contribution in [3.63, 3.8) is 0 Å². The van der Waals surface area contributed by atoms with Gasteiger partial charge in [0.2, 0.25) is 5.78 Å². The third-order valence-electron chi connectivity index (χ3n) is 6.45. The lowest BCUT2D eigenvalue weighted by Gasteiger charge is -2.13. The van der Waals surface area contributed by atoms with Crippen LogP contribution >= 0.6 is 0 Å². The molecule has 0 aromatic heterocycles. The van der Waals surface area contributed by atoms with Crippen LogP contribution in [0.3, 0.4) is 0 Å². The van der Waals surface area contributed by atoms with Gasteiger partial charge in [0.15, 0.2) is 6.29 Å². The first-order chi connectivity index (χ1) is 14.4. The van der Waals surface area contributed by atoms with E-state index in [0.717, 1.165) is 43.1 Å². The lowest BCUT2D eigenvalue weighted by atomic mass is 9.90. The monoisotopic (exact) mass is 390 g/mol. The summed E-state index contributed by atoms with van der Waals surface area (Å²) in [6.45, 7) is 8.40. The van der Waals surface area contributed by atoms with Gasteiger partial charge in [0.25, 0.3) is 0 Å². The summed E-state index contributed by atoms with van der Waals surface area (Å²) in [5.41, 5.74) is 5.40. The molecule has 2 nitrogen and oxygen atoms in total. The van der Waals surface area contributed by atoms with E-state index in [1.165, 1.54) is 22.3 Å². The molecule has 30 heavy (non-hydrogen) atoms. The van der Waals surface area contributed by atoms with E-state index < -0.39 is 5.78 Å². The highest BCUT2D eigenvalue weighted by Gasteiger charge is 2.16. The van der Waals surface area contributed by atoms with Crippen molar-refractivity contribution in [1.82, 2.24) is 0 Å². The van der Waals surface area contributed by atoms with Crippen LogP contribution < -0.4 is 0 Å². The lowest BCUT2D eigenvalue weighted by Crippen LogP contribution is -2.03. The van der Waals surface area contributed by atoms with E-state index in [1.807, 2.05) is 0 Å². The van der Waals surface area contributed by atoms with Crippen LogP contribution in [0.15, 0.2) is 54.6 Å². The zero-order valence-corrected chi connectivity index (χ0v) is 17.6. The smallest absolute Gasteiger partial charge is 0.226 e. The molecule has 0 aliphatic heterocycles. The average molecular weight is 390 g/mol. The Bertz CT molecular complexity index is 1450. The third kappa shape index (κ3) is 2.72. The quantitative estimate of drug-likeness (QED) is 0.142. The number of hydrogen-bond acceptors (Lipinski definition) is 2. The van der Waals surface area contributed by atoms with Gasteiger partial charge in [0.1, 0.15) is 0 Å². The molecule has 0 saturated heterocycles. The van der Waals surface area contributed by atoms with Crippen LogP contribution in [0.1, 0.15) is 32.6 Å². The molecule has 5 aromatic carbocycles. The van der Waals surface area contributed by atoms with Crippen molar-refractivity contribution in [3.05, 3.63) is 82.4 Å². The van der Waals surface area contributed by atoms with Crippen molar-refractivity contribution in [3.8, 4) is 0 Å². The van der Waals surface area contributed by atoms with Crippen LogP contribution in [0.4, 0.5) is 0 Å². The fraction of sp³-hybridized carbons (Fsp3) is 0.143. The maximum Gasteiger partial charge on any atom is 0.226 e. The first-order valence-electron chi connectivity index (χ1n) is 10.2. The number of fused-ring (bicyclic) bond motifs is 4. The summed E-state index contributed by atoms with van der Waals surface area (Å²) in [7, 11) is 0. The van der Waals surface area contributed by atoms with Gasteiger partial charge < -0.3 is 0 Å². The summed E-state index contributed by atoms with van der Waals surface area (Å²) in [5, 5.41) is 8.06. The zero-order chi connectivity index (χ0) is 21.2. The van der Waals surface area contributed by atoms with Crippen LogP contribution in [0.2, 0.25) is 0 Å². The molecule has 0 unspecified atom stereocenters. The van der Waals surface area contributed by atoms with Gasteiger partial charge in [-0.15, -0.1) is 0 Å². The summed E-state index contributed by atoms with van der Waals surface area (Å²) in [6, 6.07) is 19.2. The van der Waals surface area contributed by atoms with E-state index in [4.69, 9.17) is 0 Å². The van der Waals surface area contributed by atoms with Gasteiger partial charge in [-0.05, 0) is 123 Å². The molecule has 0 heterocycles. The predicted octanol–water partition coefficient (Wildman–Crippen LogP) is 6.91. The largest absolute Gasteiger partial charge is 0.294 e. The van der Waals surface area contributed by atoms with Gasteiger partial charge in [0, 0.05) is 5.56 Å². The molecule has 0 aliphatic carbocycles. The Morgan fingerprint density at radius 3 is 1.23 bits per heavy atom. The number of ketones is 1. The zero-order valence-electron chi connectivity index (χ0n) is 17.6. The molecule has 5 aromatic rings. The lowest BCUT2D eigenvalue weighted by molar-refractivity contribution is -0.104. The molecule has 0 bridgehead atoms. The second-order valence-corrected chi connectivity index (χ2v) is 8.45. The highest BCUT2D eigenvalue weighted by molar-refractivity contribution is 6.40. The van der Waals surface area contributed by atoms with Gasteiger partial charge in [-0.3, -0.25) is 9.59 Å². The topological polar surface area (TPSA) is 34.1 Å². The van der Waals surface area contributed by atoms with Gasteiger partial charge in [-0.25, -0.2) is 0 Å². The minimum Gasteiger partial charge on any atom is -0.294 e. The number of hydrogen-bond donors (Lipinski definition) is 0. The molecule has 5 rings (SSSR count). The fourth-order valence-corrected chi connectivity index (χ4v) is 4.50. The Morgan fingerprint density at radius 1 is 0.533 bits per heavy atom. The summed E-state index contributed by atoms with van der Waals surface area (Å²) >= 11 is 0. The van der Waals surface area contributed by atoms with Crippen molar-refractivity contribution in [2.24, 2.45) is 0 Å². The molecular formula is C28H22O2. The van der Waals surface area contributed by atoms with Crippen LogP contribution in [0.5, 0.6) is 0 Å². The van der Waals surface area contributed by atoms with E-state index >= 15 is 0 Å². The minimum absolute atomic E-state index is 0.434. The predicted molar refractivity (Wildman–Crippen MR) is 126 cm³/mol. The SMILES string of the molecule is Cc1cc2cc3cc4cc5cc(C)c(C)cc5cc4c(C(=O)C=O)c3cc2cc1C. The number of aldehydes is 1. The molecule has 2 heteroatoms. The molecule has 0 atom stereocenters. The Labute approximate surface area is 175 Å². The van der Waals surface area contributed by atoms with Crippen molar-refractivity contribution in [2.75, 3.05) is 0 Å². The van der Waals surface area contributed by atoms with Gasteiger partial charge in [-0.1, -0.05) is 24.3 Å². The number of aryl methyl sites for hydroxylation is 4. The molecule has 0 radical (unpaired) electrons. The van der Waals surface area contributed by atoms with E-state index in [1.54, 1.807) is 0 Å². The summed E-state index contributed by atoms with van der Waals surface area (Å²) in [5.74, 6) is -0.475. The molecular weight excluding hydrogens is 368 g/mol. The van der Waals surface area contributed by atoms with E-state index in [0.29, 0.717) is 11.8 Å². The minimum atomic E-state index is -0.475. The van der Waals surface area contributed by atoms with Gasteiger partial charge in [0.05, 0.1) is 0 Å². The summed E-state index contributed by atoms with van der Waals surface area (Å²) < 4.78 is 0. The second kappa shape index (κ2) is 6.50. The van der Waals surface area contributed by atoms with Crippen molar-refractivity contribution >= 4 is 55.2 Å². The van der Waals surface area contributed by atoms with Gasteiger partial charge in [-0.2, -0.15) is 0 Å². The van der Waals surface area contributed by atoms with Crippen molar-refractivity contribution in [1.29, 1.82) is 0 Å². The van der Waals surface area contributed by atoms with Crippen LogP contribution in [0, 0.1) is 27.7 Å². The van der Waals surface area contributed by atoms with E-state index in [-0.39, 0.29) is 0 Å². The second-order valence-electron chi connectivity index (χ2n) is 8.45. The third-order valence-corrected chi connectivity index (χ3v) is 6.45. The van der Waals surface area contributed by atoms with Crippen LogP contribution in [-0.2, 0) is 4.79 Å². The van der Waals surface area contributed by atoms with E-state index in [2.05, 4.69) is 82.3 Å². The van der Waals surface area contributed by atoms with Crippen LogP contribution in [-0.4, -0.2) is 12.1 Å². The highest BCUT2D eigenvalue weighted by Crippen LogP contribution is 2.35.